The first-order chi connectivity index (χ1) is 37.2. The van der Waals surface area contributed by atoms with Crippen molar-refractivity contribution in [3.05, 3.63) is 238 Å². The first-order valence-corrected chi connectivity index (χ1v) is 28.7. The Morgan fingerprint density at radius 1 is 0.368 bits per heavy atom. The minimum absolute atomic E-state index is 0.585. The number of benzene rings is 10. The minimum Gasteiger partial charge on any atom is -0.408 e. The van der Waals surface area contributed by atoms with Crippen LogP contribution in [0.15, 0.2) is 182 Å². The lowest BCUT2D eigenvalue weighted by Crippen LogP contribution is -2.13. The van der Waals surface area contributed by atoms with E-state index in [-0.39, 0.29) is 0 Å². The summed E-state index contributed by atoms with van der Waals surface area (Å²) in [6.07, 6.45) is 5.01. The smallest absolute Gasteiger partial charge is 0.408 e. The molecule has 0 unspecified atom stereocenters. The van der Waals surface area contributed by atoms with Crippen LogP contribution in [0.4, 0.5) is 0 Å². The molecule has 2 aliphatic rings. The topological polar surface area (TPSA) is 55.4 Å². The lowest BCUT2D eigenvalue weighted by molar-refractivity contribution is 0.376. The van der Waals surface area contributed by atoms with Gasteiger partial charge >= 0.3 is 17.2 Å². The second-order valence-electron chi connectivity index (χ2n) is 20.1. The molecule has 0 radical (unpaired) electrons. The fourth-order valence-corrected chi connectivity index (χ4v) is 13.4. The van der Waals surface area contributed by atoms with E-state index in [1.807, 2.05) is 12.1 Å². The van der Waals surface area contributed by atoms with Crippen molar-refractivity contribution in [2.75, 3.05) is 0 Å². The maximum Gasteiger partial charge on any atom is 0.530 e. The van der Waals surface area contributed by atoms with Gasteiger partial charge in [0.15, 0.2) is 0 Å². The molecule has 0 saturated heterocycles. The normalized spacial score (nSPS) is 13.3. The highest BCUT2D eigenvalue weighted by Gasteiger charge is 2.35. The van der Waals surface area contributed by atoms with Crippen LogP contribution >= 0.6 is 17.2 Å². The third-order valence-corrected chi connectivity index (χ3v) is 17.1. The van der Waals surface area contributed by atoms with Gasteiger partial charge in [-0.3, -0.25) is 0 Å². The molecular weight excluding hydrogens is 975 g/mol. The summed E-state index contributed by atoms with van der Waals surface area (Å²) in [6, 6.07) is 63.8. The molecule has 0 fully saturated rings. The number of rotatable bonds is 11. The van der Waals surface area contributed by atoms with Gasteiger partial charge in [-0.1, -0.05) is 197 Å². The molecule has 0 amide bonds. The number of aryl methyl sites for hydroxylation is 6. The van der Waals surface area contributed by atoms with Crippen LogP contribution in [0.3, 0.4) is 0 Å². The van der Waals surface area contributed by atoms with Crippen LogP contribution in [0.1, 0.15) is 82.3 Å². The summed E-state index contributed by atoms with van der Waals surface area (Å²) in [7, 11) is -4.29. The van der Waals surface area contributed by atoms with Crippen LogP contribution in [0.25, 0.3) is 54.9 Å². The first-order valence-electron chi connectivity index (χ1n) is 26.5. The Balaban J connectivity index is 1.06. The quantitative estimate of drug-likeness (QED) is 0.120. The highest BCUT2D eigenvalue weighted by atomic mass is 31.2. The Bertz CT molecular complexity index is 3660. The molecule has 0 spiro atoms. The molecule has 8 heteroatoms. The second kappa shape index (κ2) is 21.2. The molecule has 2 heterocycles. The van der Waals surface area contributed by atoms with Crippen LogP contribution in [-0.4, -0.2) is 0 Å². The summed E-state index contributed by atoms with van der Waals surface area (Å²) in [6.45, 7) is 13.1. The van der Waals surface area contributed by atoms with Crippen molar-refractivity contribution in [2.24, 2.45) is 0 Å². The number of hydrogen-bond donors (Lipinski definition) is 0. The fourth-order valence-electron chi connectivity index (χ4n) is 11.0. The van der Waals surface area contributed by atoms with Gasteiger partial charge < -0.3 is 27.1 Å². The molecule has 0 atom stereocenters. The molecule has 378 valence electrons. The van der Waals surface area contributed by atoms with Gasteiger partial charge in [0, 0.05) is 57.3 Å². The van der Waals surface area contributed by atoms with Crippen molar-refractivity contribution >= 4 is 38.7 Å². The zero-order chi connectivity index (χ0) is 51.9. The molecule has 76 heavy (non-hydrogen) atoms. The SMILES string of the molecule is CCCc1ccc(C)c2c1OP(Oc1ccc3ccccc3c1-c1c(OP3Oc4c(-c5ccccc5)ccc(C)c4Cc4c(C)ccc(-c5ccccc5)c4O3)ccc3ccccc13)Oc1c(CCC)ccc(C)c1C2. The standard InChI is InChI=1S/C68H60O6P2/c1-7-19-51-33-29-43(3)57-41-58-44(4)30-34-52(20-8-2)66(58)72-75(71-65(51)57)69-61-39-35-49-25-15-17-27-53(49)63(61)64-54-28-18-16-26-50(54)36-40-62(64)70-76-73-67-55(47-21-11-9-12-22-47)37-31-45(5)59(67)42-60-46(6)32-38-56(68(60)74-76)48-23-13-10-14-24-48/h9-18,21-40H,7-8,19-20,41-42H2,1-6H3. The Morgan fingerprint density at radius 3 is 1.13 bits per heavy atom. The van der Waals surface area contributed by atoms with Crippen LogP contribution in [0.2, 0.25) is 0 Å². The predicted molar refractivity (Wildman–Crippen MR) is 314 cm³/mol. The monoisotopic (exact) mass is 1030 g/mol. The van der Waals surface area contributed by atoms with E-state index in [0.29, 0.717) is 24.3 Å². The van der Waals surface area contributed by atoms with Gasteiger partial charge in [-0.2, -0.15) is 0 Å². The van der Waals surface area contributed by atoms with Crippen LogP contribution in [-0.2, 0) is 25.7 Å². The summed E-state index contributed by atoms with van der Waals surface area (Å²) in [5, 5.41) is 4.06. The van der Waals surface area contributed by atoms with Crippen LogP contribution < -0.4 is 27.1 Å². The lowest BCUT2D eigenvalue weighted by Gasteiger charge is -2.30. The second-order valence-corrected chi connectivity index (χ2v) is 22.1. The fraction of sp³-hybridized carbons (Fsp3) is 0.176. The third-order valence-electron chi connectivity index (χ3n) is 15.1. The van der Waals surface area contributed by atoms with Crippen molar-refractivity contribution in [1.29, 1.82) is 0 Å². The van der Waals surface area contributed by atoms with E-state index in [9.17, 15) is 0 Å². The van der Waals surface area contributed by atoms with Gasteiger partial charge in [0.25, 0.3) is 0 Å². The Morgan fingerprint density at radius 2 is 0.724 bits per heavy atom. The van der Waals surface area contributed by atoms with Gasteiger partial charge in [0.2, 0.25) is 0 Å². The zero-order valence-electron chi connectivity index (χ0n) is 43.9. The average molecular weight is 1040 g/mol. The average Bonchev–Trinajstić information content (AvgIpc) is 3.50. The summed E-state index contributed by atoms with van der Waals surface area (Å²) >= 11 is 0. The molecule has 6 nitrogen and oxygen atoms in total. The summed E-state index contributed by atoms with van der Waals surface area (Å²) in [5.74, 6) is 4.40. The molecule has 0 aliphatic carbocycles. The van der Waals surface area contributed by atoms with Gasteiger partial charge in [0.1, 0.15) is 34.5 Å². The van der Waals surface area contributed by atoms with E-state index in [0.717, 1.165) is 137 Å². The number of fused-ring (bicyclic) bond motifs is 6. The largest absolute Gasteiger partial charge is 0.530 e. The van der Waals surface area contributed by atoms with E-state index >= 15 is 0 Å². The van der Waals surface area contributed by atoms with Crippen LogP contribution in [0.5, 0.6) is 34.5 Å². The summed E-state index contributed by atoms with van der Waals surface area (Å²) < 4.78 is 44.1. The van der Waals surface area contributed by atoms with Crippen molar-refractivity contribution < 1.29 is 27.1 Å². The maximum atomic E-state index is 7.50. The van der Waals surface area contributed by atoms with Gasteiger partial charge in [0.05, 0.1) is 0 Å². The van der Waals surface area contributed by atoms with Gasteiger partial charge in [-0.05, 0) is 119 Å². The minimum atomic E-state index is -2.21. The van der Waals surface area contributed by atoms with E-state index < -0.39 is 17.2 Å². The molecular formula is C68H60O6P2. The molecule has 0 bridgehead atoms. The van der Waals surface area contributed by atoms with E-state index in [1.54, 1.807) is 0 Å². The Hall–Kier alpha value is -7.62. The zero-order valence-corrected chi connectivity index (χ0v) is 45.7. The lowest BCUT2D eigenvalue weighted by atomic mass is 9.90. The van der Waals surface area contributed by atoms with E-state index in [2.05, 4.69) is 211 Å². The number of hydrogen-bond acceptors (Lipinski definition) is 6. The predicted octanol–water partition coefficient (Wildman–Crippen LogP) is 19.5. The summed E-state index contributed by atoms with van der Waals surface area (Å²) in [5.41, 5.74) is 17.2. The highest BCUT2D eigenvalue weighted by molar-refractivity contribution is 7.43. The van der Waals surface area contributed by atoms with E-state index in [4.69, 9.17) is 27.1 Å². The third kappa shape index (κ3) is 9.33. The van der Waals surface area contributed by atoms with Crippen molar-refractivity contribution in [1.82, 2.24) is 0 Å². The molecule has 0 aromatic heterocycles. The Kier molecular flexibility index (Phi) is 13.7. The molecule has 10 aromatic carbocycles. The molecule has 12 rings (SSSR count). The molecule has 2 aliphatic heterocycles. The maximum absolute atomic E-state index is 7.50. The first kappa shape index (κ1) is 49.3. The van der Waals surface area contributed by atoms with Gasteiger partial charge in [-0.25, -0.2) is 0 Å². The van der Waals surface area contributed by atoms with Crippen molar-refractivity contribution in [3.63, 3.8) is 0 Å². The van der Waals surface area contributed by atoms with E-state index in [1.165, 1.54) is 22.3 Å². The molecule has 0 saturated carbocycles. The Labute approximate surface area is 449 Å². The van der Waals surface area contributed by atoms with Crippen molar-refractivity contribution in [2.45, 2.75) is 80.1 Å². The molecule has 10 aromatic rings. The van der Waals surface area contributed by atoms with Gasteiger partial charge in [-0.15, -0.1) is 0 Å². The van der Waals surface area contributed by atoms with Crippen molar-refractivity contribution in [3.8, 4) is 67.9 Å². The summed E-state index contributed by atoms with van der Waals surface area (Å²) in [4.78, 5) is 0. The molecule has 0 N–H and O–H groups in total. The van der Waals surface area contributed by atoms with Crippen LogP contribution in [0, 0.1) is 27.7 Å². The highest BCUT2D eigenvalue weighted by Crippen LogP contribution is 2.58.